The van der Waals surface area contributed by atoms with Crippen LogP contribution in [0.15, 0.2) is 36.6 Å². The SMILES string of the molecule is C=C1/C=C\C=C/CCCCO1. The number of ether oxygens (including phenoxy) is 1. The average molecular weight is 150 g/mol. The van der Waals surface area contributed by atoms with Gasteiger partial charge >= 0.3 is 0 Å². The van der Waals surface area contributed by atoms with E-state index < -0.39 is 0 Å². The van der Waals surface area contributed by atoms with Crippen LogP contribution >= 0.6 is 0 Å². The van der Waals surface area contributed by atoms with Gasteiger partial charge < -0.3 is 4.74 Å². The summed E-state index contributed by atoms with van der Waals surface area (Å²) >= 11 is 0. The highest BCUT2D eigenvalue weighted by molar-refractivity contribution is 5.14. The van der Waals surface area contributed by atoms with Crippen LogP contribution in [0, 0.1) is 0 Å². The van der Waals surface area contributed by atoms with Gasteiger partial charge in [-0.15, -0.1) is 0 Å². The summed E-state index contributed by atoms with van der Waals surface area (Å²) < 4.78 is 5.30. The van der Waals surface area contributed by atoms with Crippen LogP contribution < -0.4 is 0 Å². The van der Waals surface area contributed by atoms with Crippen LogP contribution in [0.25, 0.3) is 0 Å². The van der Waals surface area contributed by atoms with Gasteiger partial charge in [0.25, 0.3) is 0 Å². The summed E-state index contributed by atoms with van der Waals surface area (Å²) in [5, 5.41) is 0. The molecular formula is C10H14O. The highest BCUT2D eigenvalue weighted by atomic mass is 16.5. The molecule has 0 saturated carbocycles. The zero-order valence-electron chi connectivity index (χ0n) is 6.75. The second-order valence-corrected chi connectivity index (χ2v) is 2.60. The van der Waals surface area contributed by atoms with Crippen LogP contribution in [-0.2, 0) is 4.74 Å². The molecule has 0 unspecified atom stereocenters. The van der Waals surface area contributed by atoms with Crippen LogP contribution in [0.4, 0.5) is 0 Å². The first-order valence-electron chi connectivity index (χ1n) is 4.04. The largest absolute Gasteiger partial charge is 0.494 e. The molecule has 1 aliphatic rings. The first-order chi connectivity index (χ1) is 5.39. The van der Waals surface area contributed by atoms with Crippen molar-refractivity contribution in [2.75, 3.05) is 6.61 Å². The summed E-state index contributed by atoms with van der Waals surface area (Å²) in [4.78, 5) is 0. The number of allylic oxidation sites excluding steroid dienone is 4. The average Bonchev–Trinajstić information content (AvgIpc) is 2.03. The van der Waals surface area contributed by atoms with Crippen molar-refractivity contribution in [2.45, 2.75) is 19.3 Å². The third kappa shape index (κ3) is 3.66. The molecule has 0 aromatic heterocycles. The van der Waals surface area contributed by atoms with E-state index in [1.165, 1.54) is 6.42 Å². The van der Waals surface area contributed by atoms with Crippen molar-refractivity contribution in [3.63, 3.8) is 0 Å². The Labute approximate surface area is 68.1 Å². The van der Waals surface area contributed by atoms with E-state index in [0.717, 1.165) is 25.2 Å². The van der Waals surface area contributed by atoms with Crippen molar-refractivity contribution in [1.29, 1.82) is 0 Å². The van der Waals surface area contributed by atoms with Gasteiger partial charge in [-0.05, 0) is 25.3 Å². The van der Waals surface area contributed by atoms with Crippen molar-refractivity contribution in [1.82, 2.24) is 0 Å². The molecule has 0 radical (unpaired) electrons. The Hall–Kier alpha value is -0.980. The minimum absolute atomic E-state index is 0.761. The molecule has 0 amide bonds. The van der Waals surface area contributed by atoms with Crippen molar-refractivity contribution in [3.8, 4) is 0 Å². The van der Waals surface area contributed by atoms with Crippen LogP contribution in [-0.4, -0.2) is 6.61 Å². The Balaban J connectivity index is 2.44. The van der Waals surface area contributed by atoms with Crippen molar-refractivity contribution in [3.05, 3.63) is 36.6 Å². The molecule has 0 aliphatic carbocycles. The quantitative estimate of drug-likeness (QED) is 0.516. The lowest BCUT2D eigenvalue weighted by Crippen LogP contribution is -1.92. The van der Waals surface area contributed by atoms with E-state index in [0.29, 0.717) is 0 Å². The smallest absolute Gasteiger partial charge is 0.112 e. The highest BCUT2D eigenvalue weighted by Crippen LogP contribution is 2.04. The zero-order valence-corrected chi connectivity index (χ0v) is 6.75. The van der Waals surface area contributed by atoms with E-state index in [-0.39, 0.29) is 0 Å². The van der Waals surface area contributed by atoms with Crippen molar-refractivity contribution in [2.24, 2.45) is 0 Å². The maximum atomic E-state index is 5.30. The van der Waals surface area contributed by atoms with Gasteiger partial charge in [0, 0.05) is 0 Å². The number of rotatable bonds is 0. The Morgan fingerprint density at radius 2 is 2.18 bits per heavy atom. The molecule has 0 aromatic rings. The van der Waals surface area contributed by atoms with Gasteiger partial charge in [0.05, 0.1) is 6.61 Å². The molecule has 60 valence electrons. The van der Waals surface area contributed by atoms with E-state index >= 15 is 0 Å². The van der Waals surface area contributed by atoms with Crippen LogP contribution in [0.1, 0.15) is 19.3 Å². The fourth-order valence-electron chi connectivity index (χ4n) is 0.953. The fourth-order valence-corrected chi connectivity index (χ4v) is 0.953. The minimum atomic E-state index is 0.761. The maximum Gasteiger partial charge on any atom is 0.112 e. The topological polar surface area (TPSA) is 9.23 Å². The second kappa shape index (κ2) is 4.78. The molecule has 1 heteroatoms. The maximum absolute atomic E-state index is 5.30. The van der Waals surface area contributed by atoms with E-state index in [2.05, 4.69) is 12.7 Å². The number of hydrogen-bond donors (Lipinski definition) is 0. The van der Waals surface area contributed by atoms with E-state index in [1.54, 1.807) is 0 Å². The monoisotopic (exact) mass is 150 g/mol. The highest BCUT2D eigenvalue weighted by Gasteiger charge is 1.90. The molecule has 0 aromatic carbocycles. The fraction of sp³-hybridized carbons (Fsp3) is 0.400. The summed E-state index contributed by atoms with van der Waals surface area (Å²) in [5.74, 6) is 0.761. The van der Waals surface area contributed by atoms with Gasteiger partial charge in [0.15, 0.2) is 0 Å². The molecule has 1 rings (SSSR count). The first-order valence-corrected chi connectivity index (χ1v) is 4.04. The van der Waals surface area contributed by atoms with E-state index in [1.807, 2.05) is 18.2 Å². The van der Waals surface area contributed by atoms with Crippen LogP contribution in [0.5, 0.6) is 0 Å². The van der Waals surface area contributed by atoms with Gasteiger partial charge in [0.1, 0.15) is 5.76 Å². The summed E-state index contributed by atoms with van der Waals surface area (Å²) in [7, 11) is 0. The van der Waals surface area contributed by atoms with Crippen LogP contribution in [0.3, 0.4) is 0 Å². The summed E-state index contributed by atoms with van der Waals surface area (Å²) in [5.41, 5.74) is 0. The zero-order chi connectivity index (χ0) is 7.94. The summed E-state index contributed by atoms with van der Waals surface area (Å²) in [6.07, 6.45) is 11.6. The standard InChI is InChI=1S/C10H14O/c1-10-8-6-4-2-3-5-7-9-11-10/h2,4,6,8H,1,3,5,7,9H2/b4-2-,8-6-. The minimum Gasteiger partial charge on any atom is -0.494 e. The normalized spacial score (nSPS) is 25.3. The Morgan fingerprint density at radius 3 is 3.09 bits per heavy atom. The second-order valence-electron chi connectivity index (χ2n) is 2.60. The molecular weight excluding hydrogens is 136 g/mol. The van der Waals surface area contributed by atoms with Crippen molar-refractivity contribution >= 4 is 0 Å². The van der Waals surface area contributed by atoms with E-state index in [9.17, 15) is 0 Å². The molecule has 11 heavy (non-hydrogen) atoms. The predicted molar refractivity (Wildman–Crippen MR) is 47.2 cm³/mol. The first kappa shape index (κ1) is 8.12. The predicted octanol–water partition coefficient (Wildman–Crippen LogP) is 2.81. The van der Waals surface area contributed by atoms with Gasteiger partial charge in [-0.3, -0.25) is 0 Å². The summed E-state index contributed by atoms with van der Waals surface area (Å²) in [6.45, 7) is 4.55. The summed E-state index contributed by atoms with van der Waals surface area (Å²) in [6, 6.07) is 0. The lowest BCUT2D eigenvalue weighted by Gasteiger charge is -2.05. The van der Waals surface area contributed by atoms with E-state index in [4.69, 9.17) is 4.74 Å². The Kier molecular flexibility index (Phi) is 3.53. The van der Waals surface area contributed by atoms with Crippen LogP contribution in [0.2, 0.25) is 0 Å². The third-order valence-electron chi connectivity index (χ3n) is 1.58. The van der Waals surface area contributed by atoms with Gasteiger partial charge in [-0.25, -0.2) is 0 Å². The lowest BCUT2D eigenvalue weighted by atomic mass is 10.2. The Morgan fingerprint density at radius 1 is 1.27 bits per heavy atom. The molecule has 0 saturated heterocycles. The van der Waals surface area contributed by atoms with Crippen molar-refractivity contribution < 1.29 is 4.74 Å². The molecule has 1 nitrogen and oxygen atoms in total. The molecule has 0 fully saturated rings. The molecule has 0 N–H and O–H groups in total. The molecule has 0 spiro atoms. The van der Waals surface area contributed by atoms with Gasteiger partial charge in [-0.2, -0.15) is 0 Å². The lowest BCUT2D eigenvalue weighted by molar-refractivity contribution is 0.219. The molecule has 0 atom stereocenters. The molecule has 1 heterocycles. The third-order valence-corrected chi connectivity index (χ3v) is 1.58. The number of hydrogen-bond acceptors (Lipinski definition) is 1. The van der Waals surface area contributed by atoms with Gasteiger partial charge in [0.2, 0.25) is 0 Å². The molecule has 1 aliphatic heterocycles. The Bertz CT molecular complexity index is 177. The molecule has 0 bridgehead atoms. The van der Waals surface area contributed by atoms with Gasteiger partial charge in [-0.1, -0.05) is 24.8 Å².